The molecule has 0 aromatic carbocycles. The Morgan fingerprint density at radius 3 is 2.78 bits per heavy atom. The van der Waals surface area contributed by atoms with E-state index < -0.39 is 0 Å². The number of carbonyl (C=O) groups is 1. The molecule has 2 aliphatic heterocycles. The number of piperidine rings is 1. The lowest BCUT2D eigenvalue weighted by Gasteiger charge is -2.35. The summed E-state index contributed by atoms with van der Waals surface area (Å²) in [6.07, 6.45) is 4.36. The SMILES string of the molecule is CC(C)C(C)(C)CNC1CC(=O)N2CCCCC12. The molecule has 18 heavy (non-hydrogen) atoms. The summed E-state index contributed by atoms with van der Waals surface area (Å²) in [7, 11) is 0. The lowest BCUT2D eigenvalue weighted by Crippen LogP contribution is -2.48. The molecule has 0 aliphatic carbocycles. The fourth-order valence-corrected chi connectivity index (χ4v) is 2.93. The quantitative estimate of drug-likeness (QED) is 0.833. The van der Waals surface area contributed by atoms with Crippen LogP contribution in [0.5, 0.6) is 0 Å². The van der Waals surface area contributed by atoms with Crippen molar-refractivity contribution in [2.45, 2.75) is 65.5 Å². The van der Waals surface area contributed by atoms with Crippen LogP contribution in [0, 0.1) is 11.3 Å². The highest BCUT2D eigenvalue weighted by atomic mass is 16.2. The summed E-state index contributed by atoms with van der Waals surface area (Å²) in [5, 5.41) is 3.67. The van der Waals surface area contributed by atoms with Gasteiger partial charge in [0.05, 0.1) is 0 Å². The minimum Gasteiger partial charge on any atom is -0.338 e. The minimum absolute atomic E-state index is 0.297. The number of rotatable bonds is 4. The molecule has 0 aromatic heterocycles. The molecule has 1 N–H and O–H groups in total. The molecule has 2 fully saturated rings. The molecular formula is C15H28N2O. The molecule has 0 aromatic rings. The maximum Gasteiger partial charge on any atom is 0.224 e. The first kappa shape index (κ1) is 13.9. The summed E-state index contributed by atoms with van der Waals surface area (Å²) in [4.78, 5) is 14.1. The first-order valence-corrected chi connectivity index (χ1v) is 7.44. The van der Waals surface area contributed by atoms with E-state index >= 15 is 0 Å². The highest BCUT2D eigenvalue weighted by molar-refractivity contribution is 5.80. The van der Waals surface area contributed by atoms with Gasteiger partial charge < -0.3 is 10.2 Å². The number of amides is 1. The summed E-state index contributed by atoms with van der Waals surface area (Å²) < 4.78 is 0. The van der Waals surface area contributed by atoms with E-state index in [0.29, 0.717) is 35.7 Å². The van der Waals surface area contributed by atoms with E-state index in [2.05, 4.69) is 37.9 Å². The topological polar surface area (TPSA) is 32.3 Å². The van der Waals surface area contributed by atoms with Crippen molar-refractivity contribution >= 4 is 5.91 Å². The summed E-state index contributed by atoms with van der Waals surface area (Å²) >= 11 is 0. The molecule has 2 saturated heterocycles. The Hall–Kier alpha value is -0.570. The molecule has 2 rings (SSSR count). The van der Waals surface area contributed by atoms with Crippen molar-refractivity contribution in [3.63, 3.8) is 0 Å². The van der Waals surface area contributed by atoms with Crippen molar-refractivity contribution < 1.29 is 4.79 Å². The summed E-state index contributed by atoms with van der Waals surface area (Å²) in [6, 6.07) is 0.852. The highest BCUT2D eigenvalue weighted by Crippen LogP contribution is 2.30. The van der Waals surface area contributed by atoms with Crippen molar-refractivity contribution in [1.29, 1.82) is 0 Å². The monoisotopic (exact) mass is 252 g/mol. The third-order valence-electron chi connectivity index (χ3n) is 5.11. The van der Waals surface area contributed by atoms with Gasteiger partial charge in [-0.3, -0.25) is 4.79 Å². The molecule has 2 aliphatic rings. The molecule has 3 heteroatoms. The van der Waals surface area contributed by atoms with Crippen LogP contribution in [-0.4, -0.2) is 36.0 Å². The van der Waals surface area contributed by atoms with Gasteiger partial charge in [0, 0.05) is 31.6 Å². The first-order chi connectivity index (χ1) is 8.42. The van der Waals surface area contributed by atoms with Gasteiger partial charge in [-0.1, -0.05) is 27.7 Å². The van der Waals surface area contributed by atoms with E-state index in [1.54, 1.807) is 0 Å². The lowest BCUT2D eigenvalue weighted by atomic mass is 9.81. The average molecular weight is 252 g/mol. The number of nitrogens with one attached hydrogen (secondary N) is 1. The fraction of sp³-hybridized carbons (Fsp3) is 0.933. The van der Waals surface area contributed by atoms with Crippen LogP contribution < -0.4 is 5.32 Å². The molecule has 0 spiro atoms. The molecule has 0 radical (unpaired) electrons. The van der Waals surface area contributed by atoms with E-state index in [1.165, 1.54) is 19.3 Å². The molecule has 2 heterocycles. The summed E-state index contributed by atoms with van der Waals surface area (Å²) in [6.45, 7) is 11.1. The maximum atomic E-state index is 12.0. The van der Waals surface area contributed by atoms with Crippen LogP contribution in [0.4, 0.5) is 0 Å². The van der Waals surface area contributed by atoms with Gasteiger partial charge in [0.25, 0.3) is 0 Å². The average Bonchev–Trinajstić information content (AvgIpc) is 2.65. The van der Waals surface area contributed by atoms with Gasteiger partial charge >= 0.3 is 0 Å². The second-order valence-corrected chi connectivity index (χ2v) is 6.99. The Morgan fingerprint density at radius 2 is 2.11 bits per heavy atom. The third-order valence-corrected chi connectivity index (χ3v) is 5.11. The van der Waals surface area contributed by atoms with Gasteiger partial charge in [-0.15, -0.1) is 0 Å². The Labute approximate surface area is 111 Å². The first-order valence-electron chi connectivity index (χ1n) is 7.44. The van der Waals surface area contributed by atoms with Crippen molar-refractivity contribution in [3.8, 4) is 0 Å². The molecule has 1 amide bonds. The van der Waals surface area contributed by atoms with E-state index in [-0.39, 0.29) is 0 Å². The molecule has 2 atom stereocenters. The van der Waals surface area contributed by atoms with Gasteiger partial charge in [0.15, 0.2) is 0 Å². The fourth-order valence-electron chi connectivity index (χ4n) is 2.93. The molecule has 0 bridgehead atoms. The summed E-state index contributed by atoms with van der Waals surface area (Å²) in [5.41, 5.74) is 0.297. The van der Waals surface area contributed by atoms with Crippen LogP contribution in [0.1, 0.15) is 53.4 Å². The van der Waals surface area contributed by atoms with Crippen molar-refractivity contribution in [1.82, 2.24) is 10.2 Å². The molecule has 104 valence electrons. The van der Waals surface area contributed by atoms with Crippen LogP contribution in [0.25, 0.3) is 0 Å². The number of hydrogen-bond donors (Lipinski definition) is 1. The summed E-state index contributed by atoms with van der Waals surface area (Å²) in [5.74, 6) is 1.02. The Morgan fingerprint density at radius 1 is 1.39 bits per heavy atom. The zero-order valence-corrected chi connectivity index (χ0v) is 12.3. The van der Waals surface area contributed by atoms with Crippen molar-refractivity contribution in [2.24, 2.45) is 11.3 Å². The Balaban J connectivity index is 1.92. The number of hydrogen-bond acceptors (Lipinski definition) is 2. The maximum absolute atomic E-state index is 12.0. The smallest absolute Gasteiger partial charge is 0.224 e. The highest BCUT2D eigenvalue weighted by Gasteiger charge is 2.41. The Bertz CT molecular complexity index is 312. The molecule has 3 nitrogen and oxygen atoms in total. The van der Waals surface area contributed by atoms with Crippen LogP contribution >= 0.6 is 0 Å². The van der Waals surface area contributed by atoms with Crippen molar-refractivity contribution in [3.05, 3.63) is 0 Å². The minimum atomic E-state index is 0.297. The van der Waals surface area contributed by atoms with Gasteiger partial charge in [-0.25, -0.2) is 0 Å². The van der Waals surface area contributed by atoms with Crippen LogP contribution in [-0.2, 0) is 4.79 Å². The van der Waals surface area contributed by atoms with Crippen LogP contribution in [0.2, 0.25) is 0 Å². The van der Waals surface area contributed by atoms with E-state index in [1.807, 2.05) is 0 Å². The number of nitrogens with zero attached hydrogens (tertiary/aromatic N) is 1. The lowest BCUT2D eigenvalue weighted by molar-refractivity contribution is -0.129. The van der Waals surface area contributed by atoms with Gasteiger partial charge in [0.2, 0.25) is 5.91 Å². The predicted molar refractivity (Wildman–Crippen MR) is 74.4 cm³/mol. The second kappa shape index (κ2) is 5.20. The van der Waals surface area contributed by atoms with Crippen LogP contribution in [0.3, 0.4) is 0 Å². The predicted octanol–water partition coefficient (Wildman–Crippen LogP) is 2.41. The molecule has 0 saturated carbocycles. The van der Waals surface area contributed by atoms with Crippen LogP contribution in [0.15, 0.2) is 0 Å². The van der Waals surface area contributed by atoms with E-state index in [9.17, 15) is 4.79 Å². The van der Waals surface area contributed by atoms with Gasteiger partial charge in [-0.05, 0) is 30.6 Å². The zero-order valence-electron chi connectivity index (χ0n) is 12.3. The van der Waals surface area contributed by atoms with Gasteiger partial charge in [0.1, 0.15) is 0 Å². The van der Waals surface area contributed by atoms with E-state index in [4.69, 9.17) is 0 Å². The van der Waals surface area contributed by atoms with Crippen molar-refractivity contribution in [2.75, 3.05) is 13.1 Å². The standard InChI is InChI=1S/C15H28N2O/c1-11(2)15(3,4)10-16-12-9-14(18)17-8-6-5-7-13(12)17/h11-13,16H,5-10H2,1-4H3. The zero-order chi connectivity index (χ0) is 13.3. The molecular weight excluding hydrogens is 224 g/mol. The number of fused-ring (bicyclic) bond motifs is 1. The number of carbonyl (C=O) groups excluding carboxylic acids is 1. The Kier molecular flexibility index (Phi) is 4.00. The van der Waals surface area contributed by atoms with Gasteiger partial charge in [-0.2, -0.15) is 0 Å². The second-order valence-electron chi connectivity index (χ2n) is 6.99. The van der Waals surface area contributed by atoms with E-state index in [0.717, 1.165) is 13.1 Å². The largest absolute Gasteiger partial charge is 0.338 e. The molecule has 2 unspecified atom stereocenters. The third kappa shape index (κ3) is 2.71. The normalized spacial score (nSPS) is 28.9.